The number of anilines is 1. The zero-order valence-electron chi connectivity index (χ0n) is 13.6. The Kier molecular flexibility index (Phi) is 4.76. The lowest BCUT2D eigenvalue weighted by Crippen LogP contribution is -2.11. The zero-order chi connectivity index (χ0) is 18.5. The number of hydrogen-bond donors (Lipinski definition) is 2. The standard InChI is InChI=1S/C19H14N4O3/c20-9-10-23-17-7-5-13(11-14(17)12-21-23)6-8-18(24)22-16-4-2-1-3-15(16)19(25)26/h1-8,11-12H,10H2,(H,22,24)(H,25,26)/b8-6+. The van der Waals surface area contributed by atoms with Gasteiger partial charge < -0.3 is 10.4 Å². The predicted octanol–water partition coefficient (Wildman–Crippen LogP) is 2.91. The number of carboxylic acid groups (broad SMARTS) is 1. The van der Waals surface area contributed by atoms with Gasteiger partial charge in [0.25, 0.3) is 0 Å². The lowest BCUT2D eigenvalue weighted by molar-refractivity contribution is -0.111. The molecule has 0 aliphatic rings. The highest BCUT2D eigenvalue weighted by Gasteiger charge is 2.10. The maximum Gasteiger partial charge on any atom is 0.337 e. The topological polar surface area (TPSA) is 108 Å². The molecular formula is C19H14N4O3. The van der Waals surface area contributed by atoms with Gasteiger partial charge in [-0.1, -0.05) is 18.2 Å². The van der Waals surface area contributed by atoms with E-state index in [1.165, 1.54) is 18.2 Å². The molecule has 0 aliphatic carbocycles. The number of benzene rings is 2. The third-order valence-electron chi connectivity index (χ3n) is 3.73. The second kappa shape index (κ2) is 7.32. The number of hydrogen-bond acceptors (Lipinski definition) is 4. The van der Waals surface area contributed by atoms with Gasteiger partial charge in [-0.15, -0.1) is 0 Å². The van der Waals surface area contributed by atoms with Gasteiger partial charge in [0.2, 0.25) is 5.91 Å². The molecule has 0 bridgehead atoms. The first-order chi connectivity index (χ1) is 12.6. The van der Waals surface area contributed by atoms with E-state index in [0.29, 0.717) is 0 Å². The minimum Gasteiger partial charge on any atom is -0.478 e. The molecule has 0 unspecified atom stereocenters. The van der Waals surface area contributed by atoms with Gasteiger partial charge in [0.05, 0.1) is 29.0 Å². The number of nitrogens with zero attached hydrogens (tertiary/aromatic N) is 3. The third kappa shape index (κ3) is 3.60. The molecule has 1 heterocycles. The summed E-state index contributed by atoms with van der Waals surface area (Å²) in [6.45, 7) is 0.171. The molecule has 7 heteroatoms. The predicted molar refractivity (Wildman–Crippen MR) is 96.4 cm³/mol. The Balaban J connectivity index is 1.76. The Morgan fingerprint density at radius 2 is 2.08 bits per heavy atom. The fourth-order valence-electron chi connectivity index (χ4n) is 2.53. The monoisotopic (exact) mass is 346 g/mol. The van der Waals surface area contributed by atoms with Crippen LogP contribution >= 0.6 is 0 Å². The molecule has 3 aromatic rings. The lowest BCUT2D eigenvalue weighted by atomic mass is 10.1. The number of nitriles is 1. The van der Waals surface area contributed by atoms with Crippen molar-refractivity contribution >= 4 is 34.5 Å². The van der Waals surface area contributed by atoms with Gasteiger partial charge in [-0.3, -0.25) is 9.48 Å². The number of para-hydroxylation sites is 1. The summed E-state index contributed by atoms with van der Waals surface area (Å²) >= 11 is 0. The van der Waals surface area contributed by atoms with Crippen LogP contribution in [0.25, 0.3) is 17.0 Å². The molecule has 0 atom stereocenters. The quantitative estimate of drug-likeness (QED) is 0.691. The molecule has 3 rings (SSSR count). The fraction of sp³-hybridized carbons (Fsp3) is 0.0526. The van der Waals surface area contributed by atoms with E-state index >= 15 is 0 Å². The second-order valence-corrected chi connectivity index (χ2v) is 5.45. The van der Waals surface area contributed by atoms with Crippen molar-refractivity contribution in [2.75, 3.05) is 5.32 Å². The van der Waals surface area contributed by atoms with Crippen molar-refractivity contribution in [3.8, 4) is 6.07 Å². The molecule has 0 fully saturated rings. The van der Waals surface area contributed by atoms with E-state index in [0.717, 1.165) is 16.5 Å². The Bertz CT molecular complexity index is 1060. The molecule has 1 aromatic heterocycles. The molecule has 2 N–H and O–H groups in total. The number of nitrogens with one attached hydrogen (secondary N) is 1. The Labute approximate surface area is 148 Å². The number of aromatic carboxylic acids is 1. The van der Waals surface area contributed by atoms with E-state index in [1.54, 1.807) is 29.1 Å². The average Bonchev–Trinajstić information content (AvgIpc) is 3.03. The zero-order valence-corrected chi connectivity index (χ0v) is 13.6. The summed E-state index contributed by atoms with van der Waals surface area (Å²) < 4.78 is 1.60. The molecule has 0 saturated heterocycles. The molecule has 7 nitrogen and oxygen atoms in total. The highest BCUT2D eigenvalue weighted by molar-refractivity contribution is 6.06. The van der Waals surface area contributed by atoms with Gasteiger partial charge >= 0.3 is 5.97 Å². The van der Waals surface area contributed by atoms with Crippen LogP contribution in [0.5, 0.6) is 0 Å². The van der Waals surface area contributed by atoms with E-state index in [2.05, 4.69) is 10.4 Å². The van der Waals surface area contributed by atoms with Crippen LogP contribution in [0.3, 0.4) is 0 Å². The van der Waals surface area contributed by atoms with Crippen LogP contribution < -0.4 is 5.32 Å². The van der Waals surface area contributed by atoms with Gasteiger partial charge in [0.1, 0.15) is 6.54 Å². The number of carboxylic acids is 1. The van der Waals surface area contributed by atoms with Crippen LogP contribution in [-0.4, -0.2) is 26.8 Å². The number of amides is 1. The van der Waals surface area contributed by atoms with Crippen molar-refractivity contribution < 1.29 is 14.7 Å². The molecular weight excluding hydrogens is 332 g/mol. The third-order valence-corrected chi connectivity index (χ3v) is 3.73. The summed E-state index contributed by atoms with van der Waals surface area (Å²) in [5, 5.41) is 25.5. The number of carbonyl (C=O) groups is 2. The summed E-state index contributed by atoms with van der Waals surface area (Å²) in [4.78, 5) is 23.2. The Hall–Kier alpha value is -3.92. The van der Waals surface area contributed by atoms with Crippen LogP contribution in [0, 0.1) is 11.3 Å². The summed E-state index contributed by atoms with van der Waals surface area (Å²) in [5.74, 6) is -1.54. The summed E-state index contributed by atoms with van der Waals surface area (Å²) in [5.41, 5.74) is 1.89. The second-order valence-electron chi connectivity index (χ2n) is 5.45. The number of aromatic nitrogens is 2. The molecule has 0 saturated carbocycles. The van der Waals surface area contributed by atoms with Crippen molar-refractivity contribution in [2.24, 2.45) is 0 Å². The molecule has 0 radical (unpaired) electrons. The maximum atomic E-state index is 12.1. The minimum absolute atomic E-state index is 0.0283. The Morgan fingerprint density at radius 3 is 2.85 bits per heavy atom. The van der Waals surface area contributed by atoms with E-state index in [9.17, 15) is 9.59 Å². The van der Waals surface area contributed by atoms with Gasteiger partial charge in [-0.25, -0.2) is 4.79 Å². The molecule has 128 valence electrons. The number of rotatable bonds is 5. The number of carbonyl (C=O) groups excluding carboxylic acids is 1. The molecule has 2 aromatic carbocycles. The Morgan fingerprint density at radius 1 is 1.27 bits per heavy atom. The van der Waals surface area contributed by atoms with Gasteiger partial charge in [0.15, 0.2) is 0 Å². The van der Waals surface area contributed by atoms with Crippen LogP contribution in [0.4, 0.5) is 5.69 Å². The maximum absolute atomic E-state index is 12.1. The van der Waals surface area contributed by atoms with Crippen molar-refractivity contribution in [2.45, 2.75) is 6.54 Å². The van der Waals surface area contributed by atoms with Gasteiger partial charge in [-0.2, -0.15) is 10.4 Å². The van der Waals surface area contributed by atoms with Crippen molar-refractivity contribution in [3.63, 3.8) is 0 Å². The molecule has 26 heavy (non-hydrogen) atoms. The van der Waals surface area contributed by atoms with Crippen molar-refractivity contribution in [1.82, 2.24) is 9.78 Å². The highest BCUT2D eigenvalue weighted by atomic mass is 16.4. The summed E-state index contributed by atoms with van der Waals surface area (Å²) in [6.07, 6.45) is 4.62. The van der Waals surface area contributed by atoms with Gasteiger partial charge in [-0.05, 0) is 35.9 Å². The summed E-state index contributed by atoms with van der Waals surface area (Å²) in [7, 11) is 0. The van der Waals surface area contributed by atoms with E-state index in [1.807, 2.05) is 24.3 Å². The normalized spacial score (nSPS) is 10.7. The molecule has 0 aliphatic heterocycles. The highest BCUT2D eigenvalue weighted by Crippen LogP contribution is 2.17. The largest absolute Gasteiger partial charge is 0.478 e. The minimum atomic E-state index is -1.11. The SMILES string of the molecule is N#CCn1ncc2cc(/C=C/C(=O)Nc3ccccc3C(=O)O)ccc21. The lowest BCUT2D eigenvalue weighted by Gasteiger charge is -2.05. The van der Waals surface area contributed by atoms with E-state index in [4.69, 9.17) is 10.4 Å². The van der Waals surface area contributed by atoms with Crippen LogP contribution in [0.2, 0.25) is 0 Å². The molecule has 0 spiro atoms. The van der Waals surface area contributed by atoms with Gasteiger partial charge in [0, 0.05) is 11.5 Å². The summed E-state index contributed by atoms with van der Waals surface area (Å²) in [6, 6.07) is 13.7. The first-order valence-corrected chi connectivity index (χ1v) is 7.72. The van der Waals surface area contributed by atoms with Crippen LogP contribution in [0.1, 0.15) is 15.9 Å². The van der Waals surface area contributed by atoms with Crippen molar-refractivity contribution in [1.29, 1.82) is 5.26 Å². The first-order valence-electron chi connectivity index (χ1n) is 7.72. The van der Waals surface area contributed by atoms with E-state index in [-0.39, 0.29) is 17.8 Å². The van der Waals surface area contributed by atoms with Crippen LogP contribution in [-0.2, 0) is 11.3 Å². The molecule has 1 amide bonds. The fourth-order valence-corrected chi connectivity index (χ4v) is 2.53. The first kappa shape index (κ1) is 16.9. The number of fused-ring (bicyclic) bond motifs is 1. The van der Waals surface area contributed by atoms with Crippen LogP contribution in [0.15, 0.2) is 54.7 Å². The average molecular weight is 346 g/mol. The van der Waals surface area contributed by atoms with E-state index < -0.39 is 11.9 Å². The van der Waals surface area contributed by atoms with Crippen molar-refractivity contribution in [3.05, 3.63) is 65.9 Å². The smallest absolute Gasteiger partial charge is 0.337 e.